The highest BCUT2D eigenvalue weighted by atomic mass is 32.2. The molecule has 1 amide bonds. The molecule has 0 spiro atoms. The van der Waals surface area contributed by atoms with E-state index in [2.05, 4.69) is 17.0 Å². The van der Waals surface area contributed by atoms with Gasteiger partial charge in [-0.3, -0.25) is 9.52 Å². The van der Waals surface area contributed by atoms with Crippen LogP contribution in [0, 0.1) is 13.8 Å². The Hall–Kier alpha value is -3.32. The molecule has 3 aromatic carbocycles. The third-order valence-corrected chi connectivity index (χ3v) is 6.23. The molecule has 0 unspecified atom stereocenters. The van der Waals surface area contributed by atoms with Crippen LogP contribution in [0.4, 0.5) is 11.4 Å². The largest absolute Gasteiger partial charge is 0.484 e. The lowest BCUT2D eigenvalue weighted by atomic mass is 10.1. The number of amides is 1. The fourth-order valence-corrected chi connectivity index (χ4v) is 4.26. The lowest BCUT2D eigenvalue weighted by molar-refractivity contribution is -0.118. The second-order valence-electron chi connectivity index (χ2n) is 7.23. The van der Waals surface area contributed by atoms with Gasteiger partial charge in [-0.25, -0.2) is 8.42 Å². The van der Waals surface area contributed by atoms with Crippen LogP contribution in [0.5, 0.6) is 5.75 Å². The fraction of sp³-hybridized carbons (Fsp3) is 0.208. The van der Waals surface area contributed by atoms with Gasteiger partial charge in [0.2, 0.25) is 0 Å². The Balaban J connectivity index is 1.60. The minimum absolute atomic E-state index is 0.111. The summed E-state index contributed by atoms with van der Waals surface area (Å²) >= 11 is 0. The van der Waals surface area contributed by atoms with Crippen LogP contribution in [0.3, 0.4) is 0 Å². The topological polar surface area (TPSA) is 84.5 Å². The monoisotopic (exact) mass is 438 g/mol. The maximum Gasteiger partial charge on any atom is 0.262 e. The Morgan fingerprint density at radius 3 is 2.10 bits per heavy atom. The highest BCUT2D eigenvalue weighted by molar-refractivity contribution is 7.92. The van der Waals surface area contributed by atoms with Gasteiger partial charge >= 0.3 is 0 Å². The molecule has 0 saturated heterocycles. The molecule has 0 fully saturated rings. The molecular formula is C24H26N2O4S. The molecule has 7 heteroatoms. The second-order valence-corrected chi connectivity index (χ2v) is 8.91. The third kappa shape index (κ3) is 5.86. The van der Waals surface area contributed by atoms with Crippen molar-refractivity contribution in [2.75, 3.05) is 16.6 Å². The summed E-state index contributed by atoms with van der Waals surface area (Å²) in [4.78, 5) is 12.3. The van der Waals surface area contributed by atoms with Gasteiger partial charge in [-0.05, 0) is 73.4 Å². The molecule has 31 heavy (non-hydrogen) atoms. The number of carbonyl (C=O) groups is 1. The van der Waals surface area contributed by atoms with Crippen LogP contribution < -0.4 is 14.8 Å². The van der Waals surface area contributed by atoms with E-state index in [1.54, 1.807) is 12.1 Å². The first-order valence-electron chi connectivity index (χ1n) is 9.99. The number of carbonyl (C=O) groups excluding carboxylic acids is 1. The molecule has 0 radical (unpaired) electrons. The normalized spacial score (nSPS) is 11.1. The van der Waals surface area contributed by atoms with Crippen molar-refractivity contribution in [1.82, 2.24) is 0 Å². The lowest BCUT2D eigenvalue weighted by Crippen LogP contribution is -2.20. The first-order chi connectivity index (χ1) is 14.8. The Bertz CT molecular complexity index is 1130. The Kier molecular flexibility index (Phi) is 6.97. The van der Waals surface area contributed by atoms with E-state index in [-0.39, 0.29) is 17.4 Å². The first kappa shape index (κ1) is 22.4. The van der Waals surface area contributed by atoms with Crippen molar-refractivity contribution in [3.63, 3.8) is 0 Å². The first-order valence-corrected chi connectivity index (χ1v) is 11.5. The number of anilines is 2. The van der Waals surface area contributed by atoms with Crippen molar-refractivity contribution in [2.45, 2.75) is 32.1 Å². The smallest absolute Gasteiger partial charge is 0.262 e. The van der Waals surface area contributed by atoms with E-state index in [1.165, 1.54) is 17.7 Å². The van der Waals surface area contributed by atoms with Gasteiger partial charge in [-0.1, -0.05) is 37.3 Å². The van der Waals surface area contributed by atoms with E-state index in [4.69, 9.17) is 4.74 Å². The zero-order valence-electron chi connectivity index (χ0n) is 17.8. The van der Waals surface area contributed by atoms with Gasteiger partial charge in [-0.2, -0.15) is 0 Å². The summed E-state index contributed by atoms with van der Waals surface area (Å²) in [5.74, 6) is 0.287. The van der Waals surface area contributed by atoms with E-state index in [0.717, 1.165) is 17.5 Å². The SMILES string of the molecule is CCc1ccc(OCC(=O)Nc2ccc(S(=O)(=O)Nc3c(C)cccc3C)cc2)cc1. The van der Waals surface area contributed by atoms with Gasteiger partial charge in [0.1, 0.15) is 5.75 Å². The second kappa shape index (κ2) is 9.66. The van der Waals surface area contributed by atoms with Crippen molar-refractivity contribution in [2.24, 2.45) is 0 Å². The molecule has 0 aliphatic rings. The van der Waals surface area contributed by atoms with Crippen LogP contribution in [0.2, 0.25) is 0 Å². The summed E-state index contributed by atoms with van der Waals surface area (Å²) in [7, 11) is -3.74. The molecule has 3 rings (SSSR count). The molecule has 162 valence electrons. The molecule has 2 N–H and O–H groups in total. The quantitative estimate of drug-likeness (QED) is 0.535. The molecule has 0 atom stereocenters. The number of para-hydroxylation sites is 1. The van der Waals surface area contributed by atoms with E-state index in [1.807, 2.05) is 56.3 Å². The van der Waals surface area contributed by atoms with E-state index in [0.29, 0.717) is 17.1 Å². The Labute approximate surface area is 183 Å². The summed E-state index contributed by atoms with van der Waals surface area (Å²) in [5.41, 5.74) is 3.94. The lowest BCUT2D eigenvalue weighted by Gasteiger charge is -2.13. The molecule has 6 nitrogen and oxygen atoms in total. The number of nitrogens with one attached hydrogen (secondary N) is 2. The van der Waals surface area contributed by atoms with Crippen LogP contribution in [-0.2, 0) is 21.2 Å². The zero-order chi connectivity index (χ0) is 22.4. The van der Waals surface area contributed by atoms with Gasteiger partial charge in [-0.15, -0.1) is 0 Å². The number of rotatable bonds is 8. The van der Waals surface area contributed by atoms with Gasteiger partial charge in [0.15, 0.2) is 6.61 Å². The van der Waals surface area contributed by atoms with E-state index < -0.39 is 10.0 Å². The van der Waals surface area contributed by atoms with Crippen molar-refractivity contribution in [3.05, 3.63) is 83.4 Å². The van der Waals surface area contributed by atoms with E-state index >= 15 is 0 Å². The molecular weight excluding hydrogens is 412 g/mol. The molecule has 0 aliphatic heterocycles. The summed E-state index contributed by atoms with van der Waals surface area (Å²) in [5, 5.41) is 2.70. The molecule has 0 saturated carbocycles. The number of sulfonamides is 1. The van der Waals surface area contributed by atoms with Crippen LogP contribution in [0.25, 0.3) is 0 Å². The van der Waals surface area contributed by atoms with Gasteiger partial charge in [0.05, 0.1) is 10.6 Å². The molecule has 0 bridgehead atoms. The van der Waals surface area contributed by atoms with Crippen LogP contribution >= 0.6 is 0 Å². The van der Waals surface area contributed by atoms with Crippen molar-refractivity contribution >= 4 is 27.3 Å². The highest BCUT2D eigenvalue weighted by Crippen LogP contribution is 2.24. The Morgan fingerprint density at radius 2 is 1.52 bits per heavy atom. The third-order valence-electron chi connectivity index (χ3n) is 4.87. The standard InChI is InChI=1S/C24H26N2O4S/c1-4-19-8-12-21(13-9-19)30-16-23(27)25-20-10-14-22(15-11-20)31(28,29)26-24-17(2)6-5-7-18(24)3/h5-15,26H,4,16H2,1-3H3,(H,25,27). The van der Waals surface area contributed by atoms with Crippen LogP contribution in [0.15, 0.2) is 71.6 Å². The van der Waals surface area contributed by atoms with Crippen LogP contribution in [0.1, 0.15) is 23.6 Å². The maximum atomic E-state index is 12.7. The predicted octanol–water partition coefficient (Wildman–Crippen LogP) is 4.68. The summed E-state index contributed by atoms with van der Waals surface area (Å²) in [6.07, 6.45) is 0.937. The number of hydrogen-bond acceptors (Lipinski definition) is 4. The van der Waals surface area contributed by atoms with Crippen molar-refractivity contribution < 1.29 is 17.9 Å². The van der Waals surface area contributed by atoms with E-state index in [9.17, 15) is 13.2 Å². The number of hydrogen-bond donors (Lipinski definition) is 2. The minimum atomic E-state index is -3.74. The fourth-order valence-electron chi connectivity index (χ4n) is 3.05. The molecule has 3 aromatic rings. The average molecular weight is 439 g/mol. The zero-order valence-corrected chi connectivity index (χ0v) is 18.6. The minimum Gasteiger partial charge on any atom is -0.484 e. The number of benzene rings is 3. The maximum absolute atomic E-state index is 12.7. The number of aryl methyl sites for hydroxylation is 3. The van der Waals surface area contributed by atoms with Crippen LogP contribution in [-0.4, -0.2) is 20.9 Å². The van der Waals surface area contributed by atoms with Crippen molar-refractivity contribution in [3.8, 4) is 5.75 Å². The van der Waals surface area contributed by atoms with Gasteiger partial charge in [0.25, 0.3) is 15.9 Å². The summed E-state index contributed by atoms with van der Waals surface area (Å²) in [6.45, 7) is 5.63. The Morgan fingerprint density at radius 1 is 0.903 bits per heavy atom. The van der Waals surface area contributed by atoms with Gasteiger partial charge < -0.3 is 10.1 Å². The summed E-state index contributed by atoms with van der Waals surface area (Å²) < 4.78 is 33.6. The molecule has 0 aromatic heterocycles. The number of ether oxygens (including phenoxy) is 1. The molecule has 0 aliphatic carbocycles. The van der Waals surface area contributed by atoms with Gasteiger partial charge in [0, 0.05) is 5.69 Å². The summed E-state index contributed by atoms with van der Waals surface area (Å²) in [6, 6.07) is 19.2. The van der Waals surface area contributed by atoms with Crippen molar-refractivity contribution in [1.29, 1.82) is 0 Å². The molecule has 0 heterocycles. The average Bonchev–Trinajstić information content (AvgIpc) is 2.76. The highest BCUT2D eigenvalue weighted by Gasteiger charge is 2.16. The predicted molar refractivity (Wildman–Crippen MR) is 123 cm³/mol.